The summed E-state index contributed by atoms with van der Waals surface area (Å²) < 4.78 is 101. The van der Waals surface area contributed by atoms with Crippen LogP contribution in [0.5, 0.6) is 11.5 Å². The molecule has 1 saturated heterocycles. The van der Waals surface area contributed by atoms with Crippen LogP contribution < -0.4 is 14.8 Å². The van der Waals surface area contributed by atoms with Crippen molar-refractivity contribution < 1.29 is 59.4 Å². The van der Waals surface area contributed by atoms with Gasteiger partial charge in [0.1, 0.15) is 19.3 Å². The molecule has 2 fully saturated rings. The Bertz CT molecular complexity index is 1830. The summed E-state index contributed by atoms with van der Waals surface area (Å²) in [5, 5.41) is 21.7. The molecule has 0 aromatic heterocycles. The zero-order valence-corrected chi connectivity index (χ0v) is 39.2. The lowest BCUT2D eigenvalue weighted by molar-refractivity contribution is -0.117. The van der Waals surface area contributed by atoms with Crippen molar-refractivity contribution in [2.24, 2.45) is 5.92 Å². The summed E-state index contributed by atoms with van der Waals surface area (Å²) in [4.78, 5) is 13.0. The van der Waals surface area contributed by atoms with Gasteiger partial charge in [-0.25, -0.2) is 17.6 Å². The Balaban J connectivity index is 0.000000617. The van der Waals surface area contributed by atoms with Gasteiger partial charge in [0, 0.05) is 42.1 Å². The van der Waals surface area contributed by atoms with Gasteiger partial charge in [0.25, 0.3) is 10.1 Å². The van der Waals surface area contributed by atoms with Crippen LogP contribution in [0.3, 0.4) is 0 Å². The Morgan fingerprint density at radius 2 is 1.34 bits per heavy atom. The zero-order chi connectivity index (χ0) is 47.7. The average molecular weight is 903 g/mol. The van der Waals surface area contributed by atoms with E-state index in [9.17, 15) is 27.1 Å². The van der Waals surface area contributed by atoms with Gasteiger partial charge in [-0.15, -0.1) is 6.42 Å². The van der Waals surface area contributed by atoms with Gasteiger partial charge >= 0.3 is 0 Å². The van der Waals surface area contributed by atoms with Gasteiger partial charge in [0.05, 0.1) is 25.1 Å². The second kappa shape index (κ2) is 24.9. The highest BCUT2D eigenvalue weighted by Gasteiger charge is 2.39. The van der Waals surface area contributed by atoms with Crippen molar-refractivity contribution in [3.05, 3.63) is 71.3 Å². The normalized spacial score (nSPS) is 16.0. The van der Waals surface area contributed by atoms with Crippen LogP contribution in [0.25, 0.3) is 0 Å². The van der Waals surface area contributed by atoms with E-state index < -0.39 is 68.6 Å². The first-order chi connectivity index (χ1) is 28.5. The molecule has 16 heteroatoms. The van der Waals surface area contributed by atoms with Crippen LogP contribution in [0, 0.1) is 41.5 Å². The summed E-state index contributed by atoms with van der Waals surface area (Å²) in [5.74, 6) is -3.25. The number of benzene rings is 2. The van der Waals surface area contributed by atoms with Crippen molar-refractivity contribution in [1.82, 2.24) is 10.2 Å². The van der Waals surface area contributed by atoms with Gasteiger partial charge in [-0.05, 0) is 117 Å². The Labute approximate surface area is 367 Å². The average Bonchev–Trinajstić information content (AvgIpc) is 4.00. The van der Waals surface area contributed by atoms with Crippen LogP contribution in [0.15, 0.2) is 36.9 Å². The molecule has 3 N–H and O–H groups in total. The lowest BCUT2D eigenvalue weighted by Gasteiger charge is -2.39. The Morgan fingerprint density at radius 1 is 0.887 bits per heavy atom. The summed E-state index contributed by atoms with van der Waals surface area (Å²) in [6.07, 6.45) is 9.41. The number of nitrogens with zero attached hydrogens (tertiary/aromatic N) is 1. The summed E-state index contributed by atoms with van der Waals surface area (Å²) >= 11 is 0. The molecular formula is C46H70F4N2O9S. The minimum atomic E-state index is -3.28. The first-order valence-electron chi connectivity index (χ1n) is 20.6. The molecule has 0 radical (unpaired) electrons. The molecule has 352 valence electrons. The molecule has 1 amide bonds. The zero-order valence-electron chi connectivity index (χ0n) is 38.4. The van der Waals surface area contributed by atoms with Crippen molar-refractivity contribution in [1.29, 1.82) is 0 Å². The number of hydrogen-bond acceptors (Lipinski definition) is 10. The number of hydrogen-bond donors (Lipinski definition) is 3. The largest absolute Gasteiger partial charge is 0.487 e. The molecular weight excluding hydrogens is 833 g/mol. The van der Waals surface area contributed by atoms with Crippen LogP contribution in [0.4, 0.5) is 17.6 Å². The first-order valence-corrected chi connectivity index (χ1v) is 22.4. The van der Waals surface area contributed by atoms with Gasteiger partial charge in [-0.3, -0.25) is 13.9 Å². The Morgan fingerprint density at radius 3 is 1.63 bits per heavy atom. The van der Waals surface area contributed by atoms with Gasteiger partial charge in [0.2, 0.25) is 5.91 Å². The highest BCUT2D eigenvalue weighted by atomic mass is 32.2. The number of rotatable bonds is 14. The number of carbonyl (C=O) groups excluding carboxylic acids is 1. The predicted octanol–water partition coefficient (Wildman–Crippen LogP) is 7.84. The summed E-state index contributed by atoms with van der Waals surface area (Å²) in [5.41, 5.74) is -0.814. The van der Waals surface area contributed by atoms with Crippen molar-refractivity contribution in [3.8, 4) is 23.8 Å². The number of aliphatic hydroxyl groups excluding tert-OH is 2. The lowest BCUT2D eigenvalue weighted by atomic mass is 9.65. The topological polar surface area (TPSA) is 144 Å². The van der Waals surface area contributed by atoms with Crippen molar-refractivity contribution >= 4 is 16.0 Å². The molecule has 4 rings (SSSR count). The first kappa shape index (κ1) is 56.3. The van der Waals surface area contributed by atoms with E-state index >= 15 is 8.78 Å². The van der Waals surface area contributed by atoms with E-state index in [0.29, 0.717) is 31.2 Å². The Hall–Kier alpha value is -3.72. The van der Waals surface area contributed by atoms with Crippen molar-refractivity contribution in [2.75, 3.05) is 52.4 Å². The van der Waals surface area contributed by atoms with Gasteiger partial charge < -0.3 is 29.7 Å². The fourth-order valence-electron chi connectivity index (χ4n) is 6.20. The fourth-order valence-corrected chi connectivity index (χ4v) is 7.11. The maximum atomic E-state index is 15.0. The predicted molar refractivity (Wildman–Crippen MR) is 235 cm³/mol. The molecule has 2 unspecified atom stereocenters. The van der Waals surface area contributed by atoms with Crippen LogP contribution >= 0.6 is 0 Å². The highest BCUT2D eigenvalue weighted by Crippen LogP contribution is 2.47. The number of amides is 1. The maximum absolute atomic E-state index is 15.0. The number of ether oxygens (including phenoxy) is 3. The van der Waals surface area contributed by atoms with Crippen molar-refractivity contribution in [2.45, 2.75) is 130 Å². The Kier molecular flexibility index (Phi) is 22.7. The van der Waals surface area contributed by atoms with Crippen LogP contribution in [0.1, 0.15) is 112 Å². The number of halogens is 4. The molecule has 0 bridgehead atoms. The van der Waals surface area contributed by atoms with Crippen LogP contribution in [0.2, 0.25) is 0 Å². The smallest absolute Gasteiger partial charge is 0.264 e. The third-order valence-corrected chi connectivity index (χ3v) is 9.83. The minimum Gasteiger partial charge on any atom is -0.487 e. The van der Waals surface area contributed by atoms with E-state index in [4.69, 9.17) is 25.7 Å². The molecule has 0 spiro atoms. The van der Waals surface area contributed by atoms with Crippen LogP contribution in [-0.4, -0.2) is 105 Å². The number of carbonyl (C=O) groups is 1. The highest BCUT2D eigenvalue weighted by molar-refractivity contribution is 7.86. The molecule has 11 nitrogen and oxygen atoms in total. The second-order valence-corrected chi connectivity index (χ2v) is 20.0. The van der Waals surface area contributed by atoms with Gasteiger partial charge in [-0.2, -0.15) is 8.42 Å². The second-order valence-electron chi connectivity index (χ2n) is 18.5. The third-order valence-electron chi connectivity index (χ3n) is 9.03. The van der Waals surface area contributed by atoms with E-state index in [1.54, 1.807) is 27.7 Å². The maximum Gasteiger partial charge on any atom is 0.264 e. The lowest BCUT2D eigenvalue weighted by Crippen LogP contribution is -2.39. The molecule has 62 heavy (non-hydrogen) atoms. The van der Waals surface area contributed by atoms with E-state index in [-0.39, 0.29) is 54.9 Å². The third kappa shape index (κ3) is 21.6. The molecule has 2 atom stereocenters. The molecule has 2 aliphatic rings. The summed E-state index contributed by atoms with van der Waals surface area (Å²) in [6, 6.07) is 4.54. The minimum absolute atomic E-state index is 0.0212. The van der Waals surface area contributed by atoms with E-state index in [1.165, 1.54) is 19.2 Å². The van der Waals surface area contributed by atoms with Gasteiger partial charge in [0.15, 0.2) is 34.8 Å². The van der Waals surface area contributed by atoms with Crippen LogP contribution in [-0.2, 0) is 29.2 Å². The number of nitrogens with one attached hydrogen (secondary N) is 1. The fraction of sp³-hybridized carbons (Fsp3) is 0.630. The molecule has 1 saturated carbocycles. The van der Waals surface area contributed by atoms with E-state index in [2.05, 4.69) is 47.7 Å². The molecule has 1 aliphatic heterocycles. The van der Waals surface area contributed by atoms with Gasteiger partial charge in [-0.1, -0.05) is 38.7 Å². The number of aliphatic hydroxyl groups is 2. The standard InChI is InChI=1S/C28H32F4O5.C7H13NO.C6H13N.C5H12O3S/c1-3-9-35-16-21(34)17-37-27-24(31)12-20(13-25(27)32)28(7-5-4-6-8-28)19-10-22(29)26(23(30)11-19)36-15-18(2)14-33;1-5-6(9)8-7(2,3)4;1-6(2,3)7-4-5-7;1-5(2,3)8-9(4,6)7/h1,10-13,18,21,33-34H,4-9,14-17H2,2H3;5H,1H2,2-4H3,(H,8,9);4-5H2,1-3H3;1-4H3. The summed E-state index contributed by atoms with van der Waals surface area (Å²) in [6.45, 7) is 24.3. The van der Waals surface area contributed by atoms with E-state index in [1.807, 2.05) is 20.8 Å². The molecule has 1 heterocycles. The SMILES string of the molecule is C#CCOCC(O)COc1c(F)cc(C2(c3cc(F)c(OCC(C)CO)c(F)c3)CCCCC2)cc1F.C=CC(=O)NC(C)(C)C.CC(C)(C)N1CC1.CC(C)(C)OS(C)(=O)=O. The molecule has 2 aromatic carbocycles. The molecule has 1 aliphatic carbocycles. The summed E-state index contributed by atoms with van der Waals surface area (Å²) in [7, 11) is -3.28. The quantitative estimate of drug-likeness (QED) is 0.0429. The van der Waals surface area contributed by atoms with E-state index in [0.717, 1.165) is 36.9 Å². The molecule has 2 aromatic rings. The monoisotopic (exact) mass is 902 g/mol. The number of terminal acetylenes is 1. The van der Waals surface area contributed by atoms with Crippen molar-refractivity contribution in [3.63, 3.8) is 0 Å².